The molecule has 2 heterocycles. The van der Waals surface area contributed by atoms with Crippen molar-refractivity contribution in [1.82, 2.24) is 14.4 Å². The SMILES string of the molecule is CS(=O)(=O)Nc1cccc(-c2cnc3c(Nc4ccc(O)cc4)nccn23)c1. The summed E-state index contributed by atoms with van der Waals surface area (Å²) in [6.07, 6.45) is 6.26. The van der Waals surface area contributed by atoms with Gasteiger partial charge in [0, 0.05) is 29.3 Å². The zero-order valence-electron chi connectivity index (χ0n) is 14.9. The molecule has 4 aromatic rings. The van der Waals surface area contributed by atoms with Crippen LogP contribution >= 0.6 is 0 Å². The van der Waals surface area contributed by atoms with Crippen LogP contribution < -0.4 is 10.0 Å². The second-order valence-corrected chi connectivity index (χ2v) is 7.99. The summed E-state index contributed by atoms with van der Waals surface area (Å²) in [6, 6.07) is 13.7. The van der Waals surface area contributed by atoms with Gasteiger partial charge in [0.1, 0.15) is 5.75 Å². The lowest BCUT2D eigenvalue weighted by Crippen LogP contribution is -2.09. The van der Waals surface area contributed by atoms with Crippen molar-refractivity contribution < 1.29 is 13.5 Å². The van der Waals surface area contributed by atoms with Crippen LogP contribution in [0.15, 0.2) is 67.1 Å². The van der Waals surface area contributed by atoms with Gasteiger partial charge in [-0.3, -0.25) is 9.12 Å². The van der Waals surface area contributed by atoms with Gasteiger partial charge >= 0.3 is 0 Å². The van der Waals surface area contributed by atoms with Crippen LogP contribution in [0.4, 0.5) is 17.2 Å². The molecule has 0 spiro atoms. The third-order valence-electron chi connectivity index (χ3n) is 4.02. The molecular weight excluding hydrogens is 378 g/mol. The molecule has 0 unspecified atom stereocenters. The number of aromatic hydroxyl groups is 1. The molecule has 0 aliphatic heterocycles. The van der Waals surface area contributed by atoms with Gasteiger partial charge in [0.25, 0.3) is 0 Å². The molecule has 9 heteroatoms. The minimum atomic E-state index is -3.36. The minimum absolute atomic E-state index is 0.183. The fourth-order valence-corrected chi connectivity index (χ4v) is 3.41. The van der Waals surface area contributed by atoms with Crippen molar-refractivity contribution in [3.63, 3.8) is 0 Å². The Bertz CT molecular complexity index is 1250. The molecular formula is C19H17N5O3S. The molecule has 0 bridgehead atoms. The summed E-state index contributed by atoms with van der Waals surface area (Å²) in [5.41, 5.74) is 3.46. The van der Waals surface area contributed by atoms with Crippen molar-refractivity contribution in [2.75, 3.05) is 16.3 Å². The summed E-state index contributed by atoms with van der Waals surface area (Å²) < 4.78 is 27.3. The van der Waals surface area contributed by atoms with Crippen molar-refractivity contribution >= 4 is 32.9 Å². The fourth-order valence-electron chi connectivity index (χ4n) is 2.86. The van der Waals surface area contributed by atoms with Crippen LogP contribution in [0.2, 0.25) is 0 Å². The molecule has 4 rings (SSSR count). The van der Waals surface area contributed by atoms with Crippen LogP contribution in [0.3, 0.4) is 0 Å². The van der Waals surface area contributed by atoms with E-state index in [2.05, 4.69) is 20.0 Å². The highest BCUT2D eigenvalue weighted by Crippen LogP contribution is 2.27. The van der Waals surface area contributed by atoms with E-state index in [1.807, 2.05) is 10.5 Å². The number of phenols is 1. The van der Waals surface area contributed by atoms with E-state index in [4.69, 9.17) is 0 Å². The van der Waals surface area contributed by atoms with Gasteiger partial charge in [-0.05, 0) is 36.4 Å². The fraction of sp³-hybridized carbons (Fsp3) is 0.0526. The van der Waals surface area contributed by atoms with Gasteiger partial charge in [0.05, 0.1) is 18.1 Å². The van der Waals surface area contributed by atoms with Crippen LogP contribution in [0.5, 0.6) is 5.75 Å². The molecule has 3 N–H and O–H groups in total. The van der Waals surface area contributed by atoms with Crippen molar-refractivity contribution in [2.24, 2.45) is 0 Å². The Hall–Kier alpha value is -3.59. The van der Waals surface area contributed by atoms with Crippen LogP contribution in [0.25, 0.3) is 16.9 Å². The summed E-state index contributed by atoms with van der Waals surface area (Å²) >= 11 is 0. The zero-order valence-corrected chi connectivity index (χ0v) is 15.7. The van der Waals surface area contributed by atoms with Crippen LogP contribution in [-0.2, 0) is 10.0 Å². The maximum Gasteiger partial charge on any atom is 0.229 e. The number of rotatable bonds is 5. The molecule has 0 aliphatic carbocycles. The molecule has 2 aromatic carbocycles. The number of imidazole rings is 1. The third kappa shape index (κ3) is 3.74. The molecule has 2 aromatic heterocycles. The number of benzene rings is 2. The largest absolute Gasteiger partial charge is 0.508 e. The van der Waals surface area contributed by atoms with Crippen molar-refractivity contribution in [1.29, 1.82) is 0 Å². The average Bonchev–Trinajstić information content (AvgIpc) is 3.08. The number of hydrogen-bond donors (Lipinski definition) is 3. The number of aromatic nitrogens is 3. The van der Waals surface area contributed by atoms with Gasteiger partial charge in [-0.1, -0.05) is 12.1 Å². The van der Waals surface area contributed by atoms with Crippen molar-refractivity contribution in [3.8, 4) is 17.0 Å². The highest BCUT2D eigenvalue weighted by Gasteiger charge is 2.12. The van der Waals surface area contributed by atoms with E-state index in [9.17, 15) is 13.5 Å². The second-order valence-electron chi connectivity index (χ2n) is 6.24. The number of fused-ring (bicyclic) bond motifs is 1. The molecule has 28 heavy (non-hydrogen) atoms. The molecule has 8 nitrogen and oxygen atoms in total. The molecule has 0 fully saturated rings. The second kappa shape index (κ2) is 6.86. The Morgan fingerprint density at radius 2 is 1.82 bits per heavy atom. The van der Waals surface area contributed by atoms with Crippen molar-refractivity contribution in [3.05, 3.63) is 67.1 Å². The Morgan fingerprint density at radius 1 is 1.04 bits per heavy atom. The van der Waals surface area contributed by atoms with Gasteiger partial charge in [-0.25, -0.2) is 18.4 Å². The molecule has 0 amide bonds. The molecule has 0 aliphatic rings. The van der Waals surface area contributed by atoms with E-state index in [-0.39, 0.29) is 5.75 Å². The van der Waals surface area contributed by atoms with E-state index >= 15 is 0 Å². The predicted octanol–water partition coefficient (Wildman–Crippen LogP) is 3.22. The number of hydrogen-bond acceptors (Lipinski definition) is 6. The summed E-state index contributed by atoms with van der Waals surface area (Å²) in [5.74, 6) is 0.743. The lowest BCUT2D eigenvalue weighted by molar-refractivity contribution is 0.475. The van der Waals surface area contributed by atoms with E-state index in [1.54, 1.807) is 61.1 Å². The van der Waals surface area contributed by atoms with Gasteiger partial charge < -0.3 is 10.4 Å². The van der Waals surface area contributed by atoms with E-state index in [1.165, 1.54) is 0 Å². The summed E-state index contributed by atoms with van der Waals surface area (Å²) in [6.45, 7) is 0. The average molecular weight is 395 g/mol. The molecule has 0 radical (unpaired) electrons. The first kappa shape index (κ1) is 17.8. The Kier molecular flexibility index (Phi) is 4.36. The Morgan fingerprint density at radius 3 is 2.57 bits per heavy atom. The molecule has 0 atom stereocenters. The van der Waals surface area contributed by atoms with Gasteiger partial charge in [-0.15, -0.1) is 0 Å². The zero-order chi connectivity index (χ0) is 19.7. The predicted molar refractivity (Wildman–Crippen MR) is 108 cm³/mol. The maximum atomic E-state index is 11.5. The topological polar surface area (TPSA) is 109 Å². The monoisotopic (exact) mass is 395 g/mol. The standard InChI is InChI=1S/C19H17N5O3S/c1-28(26,27)23-15-4-2-3-13(11-15)17-12-21-19-18(20-9-10-24(17)19)22-14-5-7-16(25)8-6-14/h2-12,23,25H,1H3,(H,20,22). The Labute approximate surface area is 161 Å². The first-order valence-corrected chi connectivity index (χ1v) is 10.2. The van der Waals surface area contributed by atoms with E-state index in [0.717, 1.165) is 23.2 Å². The summed E-state index contributed by atoms with van der Waals surface area (Å²) in [4.78, 5) is 8.81. The Balaban J connectivity index is 1.72. The highest BCUT2D eigenvalue weighted by atomic mass is 32.2. The number of nitrogens with one attached hydrogen (secondary N) is 2. The summed E-state index contributed by atoms with van der Waals surface area (Å²) in [7, 11) is -3.36. The van der Waals surface area contributed by atoms with E-state index < -0.39 is 10.0 Å². The van der Waals surface area contributed by atoms with Crippen LogP contribution in [0.1, 0.15) is 0 Å². The van der Waals surface area contributed by atoms with Gasteiger partial charge in [0.2, 0.25) is 10.0 Å². The quantitative estimate of drug-likeness (QED) is 0.448. The van der Waals surface area contributed by atoms with Gasteiger partial charge in [0.15, 0.2) is 11.5 Å². The first-order valence-electron chi connectivity index (χ1n) is 8.35. The third-order valence-corrected chi connectivity index (χ3v) is 4.63. The summed E-state index contributed by atoms with van der Waals surface area (Å²) in [5, 5.41) is 12.6. The maximum absolute atomic E-state index is 11.5. The number of anilines is 3. The first-order chi connectivity index (χ1) is 13.4. The van der Waals surface area contributed by atoms with Crippen LogP contribution in [0, 0.1) is 0 Å². The van der Waals surface area contributed by atoms with E-state index in [0.29, 0.717) is 17.2 Å². The molecule has 0 saturated carbocycles. The highest BCUT2D eigenvalue weighted by molar-refractivity contribution is 7.92. The van der Waals surface area contributed by atoms with Crippen molar-refractivity contribution in [2.45, 2.75) is 0 Å². The normalized spacial score (nSPS) is 11.5. The molecule has 0 saturated heterocycles. The molecule has 142 valence electrons. The number of nitrogens with zero attached hydrogens (tertiary/aromatic N) is 3. The minimum Gasteiger partial charge on any atom is -0.508 e. The van der Waals surface area contributed by atoms with Crippen LogP contribution in [-0.4, -0.2) is 34.1 Å². The van der Waals surface area contributed by atoms with Gasteiger partial charge in [-0.2, -0.15) is 0 Å². The smallest absolute Gasteiger partial charge is 0.229 e. The lowest BCUT2D eigenvalue weighted by atomic mass is 10.1. The lowest BCUT2D eigenvalue weighted by Gasteiger charge is -2.09. The number of sulfonamides is 1. The number of phenolic OH excluding ortho intramolecular Hbond substituents is 1.